The monoisotopic (exact) mass is 921 g/mol. The van der Waals surface area contributed by atoms with E-state index in [9.17, 15) is 24.3 Å². The van der Waals surface area contributed by atoms with Crippen LogP contribution in [0.5, 0.6) is 0 Å². The van der Waals surface area contributed by atoms with Crippen molar-refractivity contribution in [2.24, 2.45) is 29.1 Å². The molecule has 1 unspecified atom stereocenters. The molecule has 1 saturated carbocycles. The Kier molecular flexibility index (Phi) is 19.5. The van der Waals surface area contributed by atoms with Gasteiger partial charge in [0.2, 0.25) is 5.79 Å². The first-order valence-corrected chi connectivity index (χ1v) is 27.1. The summed E-state index contributed by atoms with van der Waals surface area (Å²) in [5.41, 5.74) is -1.05. The van der Waals surface area contributed by atoms with Crippen molar-refractivity contribution in [3.63, 3.8) is 0 Å². The van der Waals surface area contributed by atoms with Gasteiger partial charge in [0.1, 0.15) is 12.4 Å². The Labute approximate surface area is 385 Å². The third-order valence-corrected chi connectivity index (χ3v) is 19.1. The second-order valence-electron chi connectivity index (χ2n) is 21.8. The normalized spacial score (nSPS) is 32.4. The van der Waals surface area contributed by atoms with E-state index in [0.717, 1.165) is 44.9 Å². The molecule has 3 saturated heterocycles. The summed E-state index contributed by atoms with van der Waals surface area (Å²) in [5.74, 6) is -3.04. The van der Waals surface area contributed by atoms with Gasteiger partial charge >= 0.3 is 17.9 Å². The lowest BCUT2D eigenvalue weighted by Gasteiger charge is -2.51. The van der Waals surface area contributed by atoms with E-state index in [1.165, 1.54) is 31.8 Å². The maximum absolute atomic E-state index is 13.9. The number of carbonyl (C=O) groups is 4. The van der Waals surface area contributed by atoms with Crippen molar-refractivity contribution in [2.45, 2.75) is 219 Å². The van der Waals surface area contributed by atoms with Crippen LogP contribution in [0.15, 0.2) is 23.8 Å². The van der Waals surface area contributed by atoms with Crippen molar-refractivity contribution >= 4 is 32.5 Å². The predicted octanol–water partition coefficient (Wildman–Crippen LogP) is 9.33. The van der Waals surface area contributed by atoms with E-state index in [1.807, 2.05) is 0 Å². The first kappa shape index (κ1) is 54.1. The summed E-state index contributed by atoms with van der Waals surface area (Å²) in [6.45, 7) is 25.3. The summed E-state index contributed by atoms with van der Waals surface area (Å²) in [4.78, 5) is 50.8. The SMILES string of the molecule is CCC(=O)O[C@H]1/C(=C/C(=O)OC)C[C@@H](C[C@H](CO[Si](C)(C)C(C)(C)C)OC(=O)C[C@H](C)C[C@@H]2CCC[C@H](C[C@@H]3CCOC4(C[C@H](C)CC[C@H]4C(C)C)O3)O2)O[C@@]1(O)C(C)(C)/C=C/C=O. The van der Waals surface area contributed by atoms with Crippen LogP contribution in [0.1, 0.15) is 153 Å². The minimum Gasteiger partial charge on any atom is -0.466 e. The van der Waals surface area contributed by atoms with Crippen molar-refractivity contribution in [3.8, 4) is 0 Å². The molecule has 4 fully saturated rings. The minimum absolute atomic E-state index is 0.00496. The molecule has 3 aliphatic heterocycles. The van der Waals surface area contributed by atoms with E-state index in [4.69, 9.17) is 37.6 Å². The summed E-state index contributed by atoms with van der Waals surface area (Å²) in [5, 5.41) is 12.4. The van der Waals surface area contributed by atoms with E-state index in [2.05, 4.69) is 61.6 Å². The Morgan fingerprint density at radius 2 is 1.64 bits per heavy atom. The third kappa shape index (κ3) is 14.3. The number of allylic oxidation sites excluding steroid dienone is 1. The van der Waals surface area contributed by atoms with Crippen LogP contribution >= 0.6 is 0 Å². The number of ether oxygens (including phenoxy) is 7. The Morgan fingerprint density at radius 1 is 0.938 bits per heavy atom. The molecular weight excluding hydrogens is 837 g/mol. The Morgan fingerprint density at radius 3 is 2.28 bits per heavy atom. The molecular formula is C50H84O13Si. The number of rotatable bonds is 19. The second-order valence-corrected chi connectivity index (χ2v) is 26.6. The summed E-state index contributed by atoms with van der Waals surface area (Å²) in [6.07, 6.45) is 10.6. The van der Waals surface area contributed by atoms with Gasteiger partial charge in [-0.2, -0.15) is 0 Å². The molecule has 11 atom stereocenters. The van der Waals surface area contributed by atoms with Crippen molar-refractivity contribution in [3.05, 3.63) is 23.8 Å². The number of carbonyl (C=O) groups excluding carboxylic acids is 4. The van der Waals surface area contributed by atoms with Gasteiger partial charge in [-0.3, -0.25) is 14.4 Å². The molecule has 4 rings (SSSR count). The van der Waals surface area contributed by atoms with Gasteiger partial charge in [0, 0.05) is 43.1 Å². The van der Waals surface area contributed by atoms with E-state index in [1.54, 1.807) is 20.8 Å². The highest BCUT2D eigenvalue weighted by Crippen LogP contribution is 2.49. The van der Waals surface area contributed by atoms with Gasteiger partial charge in [-0.25, -0.2) is 4.79 Å². The molecule has 1 N–H and O–H groups in total. The fourth-order valence-corrected chi connectivity index (χ4v) is 10.9. The zero-order valence-electron chi connectivity index (χ0n) is 41.5. The Bertz CT molecular complexity index is 1620. The number of hydrogen-bond acceptors (Lipinski definition) is 13. The minimum atomic E-state index is -2.33. The lowest BCUT2D eigenvalue weighted by molar-refractivity contribution is -0.342. The van der Waals surface area contributed by atoms with Gasteiger partial charge in [-0.15, -0.1) is 0 Å². The van der Waals surface area contributed by atoms with Crippen LogP contribution in [0.2, 0.25) is 18.1 Å². The van der Waals surface area contributed by atoms with E-state index in [0.29, 0.717) is 37.1 Å². The highest BCUT2D eigenvalue weighted by Gasteiger charge is 2.58. The molecule has 0 aromatic heterocycles. The highest BCUT2D eigenvalue weighted by molar-refractivity contribution is 6.74. The second kappa shape index (κ2) is 23.0. The number of aldehydes is 1. The largest absolute Gasteiger partial charge is 0.466 e. The van der Waals surface area contributed by atoms with Crippen molar-refractivity contribution in [2.75, 3.05) is 20.3 Å². The molecule has 14 heteroatoms. The van der Waals surface area contributed by atoms with Gasteiger partial charge in [0.25, 0.3) is 0 Å². The fourth-order valence-electron chi connectivity index (χ4n) is 9.82. The summed E-state index contributed by atoms with van der Waals surface area (Å²) < 4.78 is 50.3. The number of hydrogen-bond donors (Lipinski definition) is 1. The molecule has 1 aliphatic carbocycles. The first-order chi connectivity index (χ1) is 29.9. The zero-order valence-corrected chi connectivity index (χ0v) is 42.5. The molecule has 3 heterocycles. The molecule has 0 radical (unpaired) electrons. The maximum atomic E-state index is 13.9. The molecule has 366 valence electrons. The summed E-state index contributed by atoms with van der Waals surface area (Å²) in [6, 6.07) is 0. The number of esters is 3. The summed E-state index contributed by atoms with van der Waals surface area (Å²) >= 11 is 0. The van der Waals surface area contributed by atoms with Crippen LogP contribution in [0.4, 0.5) is 0 Å². The van der Waals surface area contributed by atoms with Crippen LogP contribution < -0.4 is 0 Å². The number of methoxy groups -OCH3 is 1. The van der Waals surface area contributed by atoms with Crippen molar-refractivity contribution in [1.82, 2.24) is 0 Å². The quantitative estimate of drug-likeness (QED) is 0.0429. The van der Waals surface area contributed by atoms with E-state index in [-0.39, 0.29) is 73.1 Å². The molecule has 0 bridgehead atoms. The smallest absolute Gasteiger partial charge is 0.330 e. The van der Waals surface area contributed by atoms with Crippen LogP contribution in [-0.2, 0) is 56.8 Å². The Balaban J connectivity index is 1.48. The van der Waals surface area contributed by atoms with Gasteiger partial charge in [0.15, 0.2) is 20.2 Å². The van der Waals surface area contributed by atoms with Crippen molar-refractivity contribution < 1.29 is 61.9 Å². The summed E-state index contributed by atoms with van der Waals surface area (Å²) in [7, 11) is -1.09. The van der Waals surface area contributed by atoms with Gasteiger partial charge in [-0.05, 0) is 98.9 Å². The first-order valence-electron chi connectivity index (χ1n) is 24.2. The molecule has 64 heavy (non-hydrogen) atoms. The molecule has 13 nitrogen and oxygen atoms in total. The van der Waals surface area contributed by atoms with Crippen LogP contribution in [0, 0.1) is 29.1 Å². The third-order valence-electron chi connectivity index (χ3n) is 14.6. The molecule has 0 aromatic rings. The van der Waals surface area contributed by atoms with E-state index < -0.39 is 55.6 Å². The van der Waals surface area contributed by atoms with Gasteiger partial charge in [-0.1, -0.05) is 81.7 Å². The zero-order chi connectivity index (χ0) is 47.7. The number of aliphatic hydroxyl groups is 1. The topological polar surface area (TPSA) is 162 Å². The predicted molar refractivity (Wildman–Crippen MR) is 246 cm³/mol. The lowest BCUT2D eigenvalue weighted by atomic mass is 9.72. The fraction of sp³-hybridized carbons (Fsp3) is 0.840. The standard InChI is InChI=1S/C50H84O13Si/c1-14-43(52)61-46-36(28-44(53)56-11)27-40(63-50(46,55)48(9,10)22-16-23-51)30-41(32-58-64(12,13)47(6,7)8)60-45(54)26-35(5)25-37-17-15-18-38(59-37)29-39-21-24-57-49(62-39)31-34(4)19-20-42(49)33(2)3/h16,22-23,28,33-35,37-42,46,55H,14-15,17-21,24-27,29-32H2,1-13H3/b22-16+,36-28+/t34-,35-,37+,38-,39+,40+,41-,42+,46+,49?,50-/m1/s1. The molecule has 0 amide bonds. The lowest BCUT2D eigenvalue weighted by Crippen LogP contribution is -2.62. The van der Waals surface area contributed by atoms with Crippen LogP contribution in [0.3, 0.4) is 0 Å². The Hall–Kier alpha value is -2.46. The van der Waals surface area contributed by atoms with Crippen LogP contribution in [0.25, 0.3) is 0 Å². The average molecular weight is 921 g/mol. The molecule has 0 aromatic carbocycles. The molecule has 4 aliphatic rings. The van der Waals surface area contributed by atoms with Gasteiger partial charge < -0.3 is 42.7 Å². The average Bonchev–Trinajstić information content (AvgIpc) is 3.19. The molecule has 1 spiro atoms. The van der Waals surface area contributed by atoms with Gasteiger partial charge in [0.05, 0.1) is 44.7 Å². The maximum Gasteiger partial charge on any atom is 0.330 e. The van der Waals surface area contributed by atoms with E-state index >= 15 is 0 Å². The van der Waals surface area contributed by atoms with Crippen molar-refractivity contribution in [1.29, 1.82) is 0 Å². The van der Waals surface area contributed by atoms with Crippen LogP contribution in [-0.4, -0.2) is 106 Å². The highest BCUT2D eigenvalue weighted by atomic mass is 28.4.